The van der Waals surface area contributed by atoms with Crippen molar-refractivity contribution in [3.8, 4) is 0 Å². The lowest BCUT2D eigenvalue weighted by molar-refractivity contribution is -0.113. The van der Waals surface area contributed by atoms with Gasteiger partial charge in [-0.15, -0.1) is 0 Å². The molecule has 2 amide bonds. The molecule has 0 fully saturated rings. The van der Waals surface area contributed by atoms with Gasteiger partial charge in [0.15, 0.2) is 5.16 Å². The number of hydrogen-bond acceptors (Lipinski definition) is 5. The van der Waals surface area contributed by atoms with E-state index in [1.807, 2.05) is 20.8 Å². The highest BCUT2D eigenvalue weighted by Crippen LogP contribution is 2.19. The minimum atomic E-state index is -0.582. The van der Waals surface area contributed by atoms with Gasteiger partial charge in [0.25, 0.3) is 5.91 Å². The molecule has 6 nitrogen and oxygen atoms in total. The van der Waals surface area contributed by atoms with Crippen molar-refractivity contribution in [2.24, 2.45) is 5.73 Å². The second-order valence-corrected chi connectivity index (χ2v) is 5.99. The van der Waals surface area contributed by atoms with Gasteiger partial charge in [-0.2, -0.15) is 0 Å². The average Bonchev–Trinajstić information content (AvgIpc) is 2.50. The molecule has 7 heteroatoms. The summed E-state index contributed by atoms with van der Waals surface area (Å²) in [6.07, 6.45) is 0. The molecule has 2 rings (SSSR count). The summed E-state index contributed by atoms with van der Waals surface area (Å²) in [4.78, 5) is 32.1. The fourth-order valence-corrected chi connectivity index (χ4v) is 2.66. The number of benzene rings is 1. The summed E-state index contributed by atoms with van der Waals surface area (Å²) < 4.78 is 0. The predicted octanol–water partition coefficient (Wildman–Crippen LogP) is 2.23. The van der Waals surface area contributed by atoms with Crippen molar-refractivity contribution in [2.45, 2.75) is 25.9 Å². The third-order valence-corrected chi connectivity index (χ3v) is 4.26. The predicted molar refractivity (Wildman–Crippen MR) is 90.6 cm³/mol. The molecule has 0 saturated heterocycles. The molecular weight excluding hydrogens is 312 g/mol. The molecular formula is C16H18N4O2S. The Bertz CT molecular complexity index is 738. The van der Waals surface area contributed by atoms with Gasteiger partial charge in [0.05, 0.1) is 17.0 Å². The first kappa shape index (κ1) is 17.0. The van der Waals surface area contributed by atoms with Gasteiger partial charge < -0.3 is 11.1 Å². The number of rotatable bonds is 5. The van der Waals surface area contributed by atoms with Crippen LogP contribution < -0.4 is 11.1 Å². The Morgan fingerprint density at radius 3 is 2.35 bits per heavy atom. The molecule has 23 heavy (non-hydrogen) atoms. The largest absolute Gasteiger partial charge is 0.366 e. The summed E-state index contributed by atoms with van der Waals surface area (Å²) in [6.45, 7) is 5.79. The number of aryl methyl sites for hydroxylation is 2. The highest BCUT2D eigenvalue weighted by Gasteiger charge is 2.12. The minimum absolute atomic E-state index is 0.148. The summed E-state index contributed by atoms with van der Waals surface area (Å²) in [5, 5.41) is 3.25. The molecule has 0 radical (unpaired) electrons. The molecule has 0 aliphatic heterocycles. The second-order valence-electron chi connectivity index (χ2n) is 5.05. The number of anilines is 1. The van der Waals surface area contributed by atoms with E-state index in [9.17, 15) is 9.59 Å². The molecule has 2 aromatic rings. The number of carbonyl (C=O) groups is 2. The summed E-state index contributed by atoms with van der Waals surface area (Å²) in [5.41, 5.74) is 8.83. The van der Waals surface area contributed by atoms with Crippen molar-refractivity contribution in [1.82, 2.24) is 9.97 Å². The first-order valence-electron chi connectivity index (χ1n) is 7.02. The molecule has 1 aromatic carbocycles. The second kappa shape index (κ2) is 7.23. The Labute approximate surface area is 138 Å². The van der Waals surface area contributed by atoms with Crippen molar-refractivity contribution in [3.05, 3.63) is 46.8 Å². The van der Waals surface area contributed by atoms with Gasteiger partial charge in [-0.05, 0) is 38.5 Å². The van der Waals surface area contributed by atoms with Gasteiger partial charge in [0.2, 0.25) is 5.91 Å². The molecule has 120 valence electrons. The fraction of sp³-hybridized carbons (Fsp3) is 0.250. The standard InChI is InChI=1S/C16H18N4O2S/c1-9-10(2)18-16(19-11(9)3)23-8-14(21)20-13-7-5-4-6-12(13)15(17)22/h4-7H,8H2,1-3H3,(H2,17,22)(H,20,21). The van der Waals surface area contributed by atoms with E-state index in [1.165, 1.54) is 11.8 Å². The Balaban J connectivity index is 2.03. The van der Waals surface area contributed by atoms with Gasteiger partial charge in [-0.25, -0.2) is 9.97 Å². The first-order valence-corrected chi connectivity index (χ1v) is 8.00. The molecule has 0 unspecified atom stereocenters. The van der Waals surface area contributed by atoms with Crippen molar-refractivity contribution in [3.63, 3.8) is 0 Å². The fourth-order valence-electron chi connectivity index (χ4n) is 1.93. The van der Waals surface area contributed by atoms with E-state index >= 15 is 0 Å². The summed E-state index contributed by atoms with van der Waals surface area (Å²) in [6, 6.07) is 6.63. The highest BCUT2D eigenvalue weighted by atomic mass is 32.2. The van der Waals surface area contributed by atoms with Gasteiger partial charge in [-0.3, -0.25) is 9.59 Å². The molecule has 0 bridgehead atoms. The van der Waals surface area contributed by atoms with Crippen molar-refractivity contribution < 1.29 is 9.59 Å². The average molecular weight is 330 g/mol. The number of primary amides is 1. The minimum Gasteiger partial charge on any atom is -0.366 e. The van der Waals surface area contributed by atoms with Crippen LogP contribution in [0.1, 0.15) is 27.3 Å². The number of nitrogens with zero attached hydrogens (tertiary/aromatic N) is 2. The van der Waals surface area contributed by atoms with E-state index in [1.54, 1.807) is 24.3 Å². The van der Waals surface area contributed by atoms with Crippen LogP contribution in [0.15, 0.2) is 29.4 Å². The highest BCUT2D eigenvalue weighted by molar-refractivity contribution is 7.99. The number of para-hydroxylation sites is 1. The molecule has 3 N–H and O–H groups in total. The first-order chi connectivity index (χ1) is 10.9. The SMILES string of the molecule is Cc1nc(SCC(=O)Nc2ccccc2C(N)=O)nc(C)c1C. The normalized spacial score (nSPS) is 10.4. The maximum atomic E-state index is 12.1. The lowest BCUT2D eigenvalue weighted by Crippen LogP contribution is -2.19. The number of amides is 2. The topological polar surface area (TPSA) is 98.0 Å². The van der Waals surface area contributed by atoms with E-state index in [-0.39, 0.29) is 17.2 Å². The van der Waals surface area contributed by atoms with Crippen LogP contribution in [-0.2, 0) is 4.79 Å². The van der Waals surface area contributed by atoms with E-state index in [4.69, 9.17) is 5.73 Å². The quantitative estimate of drug-likeness (QED) is 0.647. The van der Waals surface area contributed by atoms with Gasteiger partial charge in [-0.1, -0.05) is 23.9 Å². The lowest BCUT2D eigenvalue weighted by Gasteiger charge is -2.09. The Hall–Kier alpha value is -2.41. The van der Waals surface area contributed by atoms with Crippen molar-refractivity contribution in [2.75, 3.05) is 11.1 Å². The summed E-state index contributed by atoms with van der Waals surface area (Å²) >= 11 is 1.25. The zero-order valence-electron chi connectivity index (χ0n) is 13.2. The van der Waals surface area contributed by atoms with E-state index in [0.717, 1.165) is 17.0 Å². The Morgan fingerprint density at radius 2 is 1.74 bits per heavy atom. The van der Waals surface area contributed by atoms with E-state index < -0.39 is 5.91 Å². The third kappa shape index (κ3) is 4.29. The molecule has 0 atom stereocenters. The third-order valence-electron chi connectivity index (χ3n) is 3.41. The number of nitrogens with two attached hydrogens (primary N) is 1. The summed E-state index contributed by atoms with van der Waals surface area (Å²) in [5.74, 6) is -0.681. The van der Waals surface area contributed by atoms with Crippen LogP contribution in [0.5, 0.6) is 0 Å². The molecule has 0 aliphatic carbocycles. The molecule has 0 saturated carbocycles. The van der Waals surface area contributed by atoms with Gasteiger partial charge >= 0.3 is 0 Å². The molecule has 1 heterocycles. The van der Waals surface area contributed by atoms with Crippen molar-refractivity contribution >= 4 is 29.3 Å². The number of aromatic nitrogens is 2. The van der Waals surface area contributed by atoms with Crippen LogP contribution in [0.3, 0.4) is 0 Å². The smallest absolute Gasteiger partial charge is 0.250 e. The van der Waals surface area contributed by atoms with Crippen LogP contribution in [0.4, 0.5) is 5.69 Å². The van der Waals surface area contributed by atoms with E-state index in [0.29, 0.717) is 10.8 Å². The molecule has 0 spiro atoms. The monoisotopic (exact) mass is 330 g/mol. The van der Waals surface area contributed by atoms with Crippen LogP contribution in [0.2, 0.25) is 0 Å². The van der Waals surface area contributed by atoms with Crippen molar-refractivity contribution in [1.29, 1.82) is 0 Å². The van der Waals surface area contributed by atoms with Crippen LogP contribution in [0, 0.1) is 20.8 Å². The zero-order valence-corrected chi connectivity index (χ0v) is 14.0. The lowest BCUT2D eigenvalue weighted by atomic mass is 10.1. The maximum Gasteiger partial charge on any atom is 0.250 e. The van der Waals surface area contributed by atoms with Gasteiger partial charge in [0, 0.05) is 11.4 Å². The molecule has 1 aromatic heterocycles. The Kier molecular flexibility index (Phi) is 5.33. The summed E-state index contributed by atoms with van der Waals surface area (Å²) in [7, 11) is 0. The number of thioether (sulfide) groups is 1. The van der Waals surface area contributed by atoms with Crippen LogP contribution in [0.25, 0.3) is 0 Å². The number of carbonyl (C=O) groups excluding carboxylic acids is 2. The van der Waals surface area contributed by atoms with E-state index in [2.05, 4.69) is 15.3 Å². The Morgan fingerprint density at radius 1 is 1.13 bits per heavy atom. The number of nitrogens with one attached hydrogen (secondary N) is 1. The van der Waals surface area contributed by atoms with Crippen LogP contribution in [-0.4, -0.2) is 27.5 Å². The van der Waals surface area contributed by atoms with Gasteiger partial charge in [0.1, 0.15) is 0 Å². The number of hydrogen-bond donors (Lipinski definition) is 2. The maximum absolute atomic E-state index is 12.1. The van der Waals surface area contributed by atoms with Crippen LogP contribution >= 0.6 is 11.8 Å². The zero-order chi connectivity index (χ0) is 17.0. The molecule has 0 aliphatic rings.